The van der Waals surface area contributed by atoms with E-state index in [-0.39, 0.29) is 17.7 Å². The summed E-state index contributed by atoms with van der Waals surface area (Å²) in [6.45, 7) is 0.504. The lowest BCUT2D eigenvalue weighted by Gasteiger charge is -2.33. The quantitative estimate of drug-likeness (QED) is 0.567. The van der Waals surface area contributed by atoms with Gasteiger partial charge in [0.2, 0.25) is 5.91 Å². The van der Waals surface area contributed by atoms with Crippen LogP contribution in [0.3, 0.4) is 0 Å². The van der Waals surface area contributed by atoms with Gasteiger partial charge in [0.1, 0.15) is 5.75 Å². The summed E-state index contributed by atoms with van der Waals surface area (Å²) in [6.07, 6.45) is 4.41. The number of aliphatic hydroxyl groups is 1. The highest BCUT2D eigenvalue weighted by molar-refractivity contribution is 5.93. The van der Waals surface area contributed by atoms with Crippen LogP contribution in [0.4, 0.5) is 0 Å². The molecule has 0 radical (unpaired) electrons. The van der Waals surface area contributed by atoms with E-state index in [1.54, 1.807) is 7.11 Å². The van der Waals surface area contributed by atoms with Gasteiger partial charge in [-0.15, -0.1) is 0 Å². The Balaban J connectivity index is 1.50. The fourth-order valence-corrected chi connectivity index (χ4v) is 3.55. The number of rotatable bonds is 7. The zero-order chi connectivity index (χ0) is 19.9. The third-order valence-electron chi connectivity index (χ3n) is 5.15. The van der Waals surface area contributed by atoms with Gasteiger partial charge in [-0.25, -0.2) is 0 Å². The van der Waals surface area contributed by atoms with E-state index in [0.717, 1.165) is 11.3 Å². The summed E-state index contributed by atoms with van der Waals surface area (Å²) < 4.78 is 5.33. The van der Waals surface area contributed by atoms with Gasteiger partial charge >= 0.3 is 0 Å². The lowest BCUT2D eigenvalue weighted by atomic mass is 9.83. The maximum absolute atomic E-state index is 12.6. The van der Waals surface area contributed by atoms with Crippen LogP contribution < -0.4 is 15.4 Å². The molecule has 8 heteroatoms. The number of H-pyrrole nitrogens is 1. The van der Waals surface area contributed by atoms with E-state index >= 15 is 0 Å². The molecule has 3 atom stereocenters. The topological polar surface area (TPSA) is 116 Å². The largest absolute Gasteiger partial charge is 0.496 e. The third-order valence-corrected chi connectivity index (χ3v) is 5.15. The van der Waals surface area contributed by atoms with Crippen LogP contribution in [-0.4, -0.2) is 52.9 Å². The maximum atomic E-state index is 12.6. The molecule has 0 saturated heterocycles. The number of aromatic amines is 1. The van der Waals surface area contributed by atoms with Gasteiger partial charge in [0.15, 0.2) is 0 Å². The molecular formula is C20H26N4O4. The minimum Gasteiger partial charge on any atom is -0.496 e. The minimum absolute atomic E-state index is 0.0515. The van der Waals surface area contributed by atoms with Gasteiger partial charge in [0, 0.05) is 18.7 Å². The molecule has 0 unspecified atom stereocenters. The summed E-state index contributed by atoms with van der Waals surface area (Å²) in [7, 11) is 1.63. The number of carbonyl (C=O) groups is 2. The van der Waals surface area contributed by atoms with Crippen molar-refractivity contribution in [2.45, 2.75) is 37.8 Å². The zero-order valence-electron chi connectivity index (χ0n) is 15.9. The predicted octanol–water partition coefficient (Wildman–Crippen LogP) is 1.04. The van der Waals surface area contributed by atoms with E-state index in [0.29, 0.717) is 37.8 Å². The average Bonchev–Trinajstić information content (AvgIpc) is 3.25. The van der Waals surface area contributed by atoms with E-state index in [4.69, 9.17) is 4.74 Å². The molecule has 150 valence electrons. The molecule has 1 heterocycles. The lowest BCUT2D eigenvalue weighted by Crippen LogP contribution is -2.49. The Kier molecular flexibility index (Phi) is 6.65. The van der Waals surface area contributed by atoms with Crippen molar-refractivity contribution < 1.29 is 19.4 Å². The maximum Gasteiger partial charge on any atom is 0.254 e. The van der Waals surface area contributed by atoms with Crippen LogP contribution in [0.2, 0.25) is 0 Å². The fourth-order valence-electron chi connectivity index (χ4n) is 3.55. The number of para-hydroxylation sites is 1. The fraction of sp³-hybridized carbons (Fsp3) is 0.450. The van der Waals surface area contributed by atoms with Gasteiger partial charge in [0.25, 0.3) is 5.91 Å². The Morgan fingerprint density at radius 1 is 1.32 bits per heavy atom. The molecule has 4 N–H and O–H groups in total. The SMILES string of the molecule is COc1ccccc1CCNC(=O)[C@H]1CC[C@@H](O)[C@H](NC(=O)c2cn[nH]c2)C1. The first-order valence-corrected chi connectivity index (χ1v) is 9.45. The molecule has 8 nitrogen and oxygen atoms in total. The molecule has 0 aliphatic heterocycles. The summed E-state index contributed by atoms with van der Waals surface area (Å²) in [6, 6.07) is 7.26. The molecule has 1 aliphatic rings. The van der Waals surface area contributed by atoms with Gasteiger partial charge in [-0.3, -0.25) is 14.7 Å². The number of benzene rings is 1. The number of hydrogen-bond acceptors (Lipinski definition) is 5. The number of nitrogens with one attached hydrogen (secondary N) is 3. The summed E-state index contributed by atoms with van der Waals surface area (Å²) in [4.78, 5) is 24.7. The Morgan fingerprint density at radius 2 is 2.14 bits per heavy atom. The Bertz CT molecular complexity index is 793. The Labute approximate surface area is 163 Å². The molecule has 1 aromatic carbocycles. The minimum atomic E-state index is -0.659. The van der Waals surface area contributed by atoms with Crippen molar-refractivity contribution in [3.63, 3.8) is 0 Å². The monoisotopic (exact) mass is 386 g/mol. The van der Waals surface area contributed by atoms with Crippen molar-refractivity contribution in [2.75, 3.05) is 13.7 Å². The number of hydrogen-bond donors (Lipinski definition) is 4. The van der Waals surface area contributed by atoms with E-state index in [2.05, 4.69) is 20.8 Å². The van der Waals surface area contributed by atoms with Gasteiger partial charge < -0.3 is 20.5 Å². The van der Waals surface area contributed by atoms with E-state index in [1.807, 2.05) is 24.3 Å². The molecule has 0 spiro atoms. The smallest absolute Gasteiger partial charge is 0.254 e. The summed E-state index contributed by atoms with van der Waals surface area (Å²) in [5.41, 5.74) is 1.44. The number of methoxy groups -OCH3 is 1. The zero-order valence-corrected chi connectivity index (χ0v) is 15.9. The predicted molar refractivity (Wildman–Crippen MR) is 103 cm³/mol. The highest BCUT2D eigenvalue weighted by atomic mass is 16.5. The van der Waals surface area contributed by atoms with Crippen molar-refractivity contribution in [1.29, 1.82) is 0 Å². The van der Waals surface area contributed by atoms with Crippen LogP contribution in [0.1, 0.15) is 35.2 Å². The van der Waals surface area contributed by atoms with Crippen molar-refractivity contribution >= 4 is 11.8 Å². The second-order valence-corrected chi connectivity index (χ2v) is 7.00. The highest BCUT2D eigenvalue weighted by Gasteiger charge is 2.34. The second-order valence-electron chi connectivity index (χ2n) is 7.00. The van der Waals surface area contributed by atoms with Crippen LogP contribution >= 0.6 is 0 Å². The highest BCUT2D eigenvalue weighted by Crippen LogP contribution is 2.25. The van der Waals surface area contributed by atoms with E-state index < -0.39 is 12.1 Å². The molecule has 1 saturated carbocycles. The van der Waals surface area contributed by atoms with Crippen LogP contribution in [0, 0.1) is 5.92 Å². The lowest BCUT2D eigenvalue weighted by molar-refractivity contribution is -0.127. The molecule has 1 aliphatic carbocycles. The van der Waals surface area contributed by atoms with Crippen molar-refractivity contribution in [2.24, 2.45) is 5.92 Å². The first-order chi connectivity index (χ1) is 13.6. The first kappa shape index (κ1) is 19.9. The number of aliphatic hydroxyl groups excluding tert-OH is 1. The van der Waals surface area contributed by atoms with Gasteiger partial charge in [-0.05, 0) is 37.3 Å². The molecule has 3 rings (SSSR count). The number of ether oxygens (including phenoxy) is 1. The van der Waals surface area contributed by atoms with Gasteiger partial charge in [-0.1, -0.05) is 18.2 Å². The Hall–Kier alpha value is -2.87. The molecule has 2 amide bonds. The van der Waals surface area contributed by atoms with Crippen LogP contribution in [0.5, 0.6) is 5.75 Å². The van der Waals surface area contributed by atoms with Crippen molar-refractivity contribution in [3.05, 3.63) is 47.8 Å². The summed E-state index contributed by atoms with van der Waals surface area (Å²) in [5.74, 6) is 0.203. The summed E-state index contributed by atoms with van der Waals surface area (Å²) >= 11 is 0. The number of carbonyl (C=O) groups excluding carboxylic acids is 2. The molecule has 1 aromatic heterocycles. The van der Waals surface area contributed by atoms with Crippen LogP contribution in [0.25, 0.3) is 0 Å². The molecule has 1 fully saturated rings. The first-order valence-electron chi connectivity index (χ1n) is 9.45. The van der Waals surface area contributed by atoms with Crippen LogP contribution in [0.15, 0.2) is 36.7 Å². The van der Waals surface area contributed by atoms with Gasteiger partial charge in [0.05, 0.1) is 31.0 Å². The number of nitrogens with zero attached hydrogens (tertiary/aromatic N) is 1. The van der Waals surface area contributed by atoms with Crippen LogP contribution in [-0.2, 0) is 11.2 Å². The van der Waals surface area contributed by atoms with E-state index in [9.17, 15) is 14.7 Å². The number of aromatic nitrogens is 2. The van der Waals surface area contributed by atoms with E-state index in [1.165, 1.54) is 12.4 Å². The molecule has 28 heavy (non-hydrogen) atoms. The molecule has 0 bridgehead atoms. The average molecular weight is 386 g/mol. The normalized spacial score (nSPS) is 21.7. The Morgan fingerprint density at radius 3 is 2.89 bits per heavy atom. The van der Waals surface area contributed by atoms with Gasteiger partial charge in [-0.2, -0.15) is 5.10 Å². The third kappa shape index (κ3) is 4.89. The molecular weight excluding hydrogens is 360 g/mol. The second kappa shape index (κ2) is 9.36. The standard InChI is InChI=1S/C20H26N4O4/c1-28-18-5-3-2-4-13(18)8-9-21-19(26)14-6-7-17(25)16(10-14)24-20(27)15-11-22-23-12-15/h2-5,11-12,14,16-17,25H,6-10H2,1H3,(H,21,26)(H,22,23)(H,24,27)/t14-,16+,17+/m0/s1. The van der Waals surface area contributed by atoms with Crippen molar-refractivity contribution in [3.8, 4) is 5.75 Å². The van der Waals surface area contributed by atoms with Crippen molar-refractivity contribution in [1.82, 2.24) is 20.8 Å². The molecule has 2 aromatic rings. The number of amides is 2. The summed E-state index contributed by atoms with van der Waals surface area (Å²) in [5, 5.41) is 22.3.